The topological polar surface area (TPSA) is 90.1 Å². The highest BCUT2D eigenvalue weighted by atomic mass is 16.5. The number of ether oxygens (including phenoxy) is 1. The van der Waals surface area contributed by atoms with Crippen molar-refractivity contribution in [3.63, 3.8) is 0 Å². The maximum absolute atomic E-state index is 11.2. The predicted octanol–water partition coefficient (Wildman–Crippen LogP) is 0.165. The van der Waals surface area contributed by atoms with Gasteiger partial charge in [-0.15, -0.1) is 0 Å². The fourth-order valence-electron chi connectivity index (χ4n) is 1.63. The molecule has 2 rings (SSSR count). The van der Waals surface area contributed by atoms with Crippen LogP contribution >= 0.6 is 0 Å². The second-order valence-corrected chi connectivity index (χ2v) is 3.85. The third-order valence-corrected chi connectivity index (χ3v) is 2.56. The van der Waals surface area contributed by atoms with Crippen molar-refractivity contribution in [1.82, 2.24) is 9.97 Å². The fourth-order valence-corrected chi connectivity index (χ4v) is 1.63. The Morgan fingerprint density at radius 2 is 2.31 bits per heavy atom. The van der Waals surface area contributed by atoms with Crippen molar-refractivity contribution < 1.29 is 9.53 Å². The molecule has 0 unspecified atom stereocenters. The number of aromatic nitrogens is 2. The first-order valence-electron chi connectivity index (χ1n) is 5.11. The molecular formula is C10H14N4O2. The van der Waals surface area contributed by atoms with Crippen LogP contribution in [0.25, 0.3) is 0 Å². The van der Waals surface area contributed by atoms with E-state index in [0.29, 0.717) is 11.9 Å². The number of esters is 1. The second-order valence-electron chi connectivity index (χ2n) is 3.85. The van der Waals surface area contributed by atoms with E-state index >= 15 is 0 Å². The van der Waals surface area contributed by atoms with Crippen molar-refractivity contribution in [2.45, 2.75) is 24.9 Å². The number of anilines is 1. The van der Waals surface area contributed by atoms with Crippen LogP contribution in [0.1, 0.15) is 23.3 Å². The Hall–Kier alpha value is -1.69. The van der Waals surface area contributed by atoms with E-state index in [1.165, 1.54) is 13.3 Å². The Morgan fingerprint density at radius 1 is 1.56 bits per heavy atom. The van der Waals surface area contributed by atoms with E-state index < -0.39 is 5.97 Å². The maximum Gasteiger partial charge on any atom is 0.358 e. The molecule has 0 amide bonds. The highest BCUT2D eigenvalue weighted by Crippen LogP contribution is 2.21. The molecule has 0 radical (unpaired) electrons. The van der Waals surface area contributed by atoms with E-state index in [1.807, 2.05) is 0 Å². The SMILES string of the molecule is COC(=O)c1cncc(NC2CC(N)C2)n1. The molecule has 86 valence electrons. The molecular weight excluding hydrogens is 208 g/mol. The van der Waals surface area contributed by atoms with Crippen molar-refractivity contribution >= 4 is 11.8 Å². The first kappa shape index (κ1) is 10.8. The number of rotatable bonds is 3. The third kappa shape index (κ3) is 2.27. The summed E-state index contributed by atoms with van der Waals surface area (Å²) in [6, 6.07) is 0.603. The van der Waals surface area contributed by atoms with E-state index in [4.69, 9.17) is 5.73 Å². The lowest BCUT2D eigenvalue weighted by molar-refractivity contribution is 0.0593. The number of hydrogen-bond donors (Lipinski definition) is 2. The van der Waals surface area contributed by atoms with Gasteiger partial charge in [0.25, 0.3) is 0 Å². The van der Waals surface area contributed by atoms with Gasteiger partial charge in [-0.1, -0.05) is 0 Å². The number of carbonyl (C=O) groups is 1. The average molecular weight is 222 g/mol. The zero-order valence-corrected chi connectivity index (χ0v) is 9.01. The largest absolute Gasteiger partial charge is 0.464 e. The summed E-state index contributed by atoms with van der Waals surface area (Å²) in [6.45, 7) is 0. The lowest BCUT2D eigenvalue weighted by Gasteiger charge is -2.33. The van der Waals surface area contributed by atoms with E-state index in [0.717, 1.165) is 12.8 Å². The lowest BCUT2D eigenvalue weighted by atomic mass is 9.88. The molecule has 1 aliphatic carbocycles. The Balaban J connectivity index is 2.02. The van der Waals surface area contributed by atoms with Gasteiger partial charge in [0.05, 0.1) is 19.5 Å². The molecule has 1 aromatic heterocycles. The summed E-state index contributed by atoms with van der Waals surface area (Å²) in [5, 5.41) is 3.17. The molecule has 16 heavy (non-hydrogen) atoms. The summed E-state index contributed by atoms with van der Waals surface area (Å²) >= 11 is 0. The van der Waals surface area contributed by atoms with Gasteiger partial charge in [0.2, 0.25) is 0 Å². The summed E-state index contributed by atoms with van der Waals surface area (Å²) in [5.74, 6) is 0.0984. The monoisotopic (exact) mass is 222 g/mol. The van der Waals surface area contributed by atoms with E-state index in [1.54, 1.807) is 6.20 Å². The molecule has 0 spiro atoms. The van der Waals surface area contributed by atoms with Crippen molar-refractivity contribution in [3.8, 4) is 0 Å². The number of nitrogens with one attached hydrogen (secondary N) is 1. The molecule has 6 nitrogen and oxygen atoms in total. The number of carbonyl (C=O) groups excluding carboxylic acids is 1. The van der Waals surface area contributed by atoms with E-state index in [9.17, 15) is 4.79 Å². The van der Waals surface area contributed by atoms with Gasteiger partial charge in [0, 0.05) is 12.1 Å². The summed E-state index contributed by atoms with van der Waals surface area (Å²) < 4.78 is 4.56. The predicted molar refractivity (Wildman–Crippen MR) is 58.0 cm³/mol. The fraction of sp³-hybridized carbons (Fsp3) is 0.500. The quantitative estimate of drug-likeness (QED) is 0.708. The van der Waals surface area contributed by atoms with Crippen molar-refractivity contribution in [1.29, 1.82) is 0 Å². The molecule has 0 saturated heterocycles. The molecule has 1 aromatic rings. The Labute approximate surface area is 93.2 Å². The van der Waals surface area contributed by atoms with Gasteiger partial charge in [-0.05, 0) is 12.8 Å². The maximum atomic E-state index is 11.2. The number of methoxy groups -OCH3 is 1. The minimum Gasteiger partial charge on any atom is -0.464 e. The van der Waals surface area contributed by atoms with Crippen molar-refractivity contribution in [2.75, 3.05) is 12.4 Å². The van der Waals surface area contributed by atoms with Crippen LogP contribution in [-0.4, -0.2) is 35.1 Å². The molecule has 0 atom stereocenters. The molecule has 1 saturated carbocycles. The van der Waals surface area contributed by atoms with Crippen LogP contribution in [0.3, 0.4) is 0 Å². The van der Waals surface area contributed by atoms with Crippen molar-refractivity contribution in [3.05, 3.63) is 18.1 Å². The van der Waals surface area contributed by atoms with Crippen LogP contribution in [0.4, 0.5) is 5.82 Å². The number of nitrogens with two attached hydrogens (primary N) is 1. The first-order valence-corrected chi connectivity index (χ1v) is 5.11. The van der Waals surface area contributed by atoms with Crippen molar-refractivity contribution in [2.24, 2.45) is 5.73 Å². The summed E-state index contributed by atoms with van der Waals surface area (Å²) in [5.41, 5.74) is 5.88. The summed E-state index contributed by atoms with van der Waals surface area (Å²) in [7, 11) is 1.31. The second kappa shape index (κ2) is 4.44. The van der Waals surface area contributed by atoms with Gasteiger partial charge < -0.3 is 15.8 Å². The van der Waals surface area contributed by atoms with Gasteiger partial charge in [-0.3, -0.25) is 4.98 Å². The van der Waals surface area contributed by atoms with Crippen LogP contribution in [0.2, 0.25) is 0 Å². The molecule has 6 heteroatoms. The molecule has 0 bridgehead atoms. The minimum absolute atomic E-state index is 0.205. The Morgan fingerprint density at radius 3 is 2.94 bits per heavy atom. The van der Waals surface area contributed by atoms with Crippen LogP contribution in [0.15, 0.2) is 12.4 Å². The van der Waals surface area contributed by atoms with Gasteiger partial charge in [-0.25, -0.2) is 9.78 Å². The molecule has 1 fully saturated rings. The number of nitrogens with zero attached hydrogens (tertiary/aromatic N) is 2. The molecule has 3 N–H and O–H groups in total. The van der Waals surface area contributed by atoms with Crippen LogP contribution in [-0.2, 0) is 4.74 Å². The minimum atomic E-state index is -0.485. The van der Waals surface area contributed by atoms with Crippen LogP contribution < -0.4 is 11.1 Å². The zero-order chi connectivity index (χ0) is 11.5. The first-order chi connectivity index (χ1) is 7.69. The van der Waals surface area contributed by atoms with Crippen LogP contribution in [0.5, 0.6) is 0 Å². The number of hydrogen-bond acceptors (Lipinski definition) is 6. The highest BCUT2D eigenvalue weighted by molar-refractivity contribution is 5.87. The molecule has 0 aliphatic heterocycles. The molecule has 1 aliphatic rings. The Kier molecular flexibility index (Phi) is 3.00. The van der Waals surface area contributed by atoms with E-state index in [-0.39, 0.29) is 11.7 Å². The normalized spacial score (nSPS) is 23.4. The highest BCUT2D eigenvalue weighted by Gasteiger charge is 2.26. The zero-order valence-electron chi connectivity index (χ0n) is 9.01. The standard InChI is InChI=1S/C10H14N4O2/c1-16-10(15)8-4-12-5-9(14-8)13-7-2-6(11)3-7/h4-7H,2-3,11H2,1H3,(H,13,14). The van der Waals surface area contributed by atoms with E-state index in [2.05, 4.69) is 20.0 Å². The Bertz CT molecular complexity index is 390. The summed E-state index contributed by atoms with van der Waals surface area (Å²) in [6.07, 6.45) is 4.80. The lowest BCUT2D eigenvalue weighted by Crippen LogP contribution is -2.44. The van der Waals surface area contributed by atoms with Crippen LogP contribution in [0, 0.1) is 0 Å². The summed E-state index contributed by atoms with van der Waals surface area (Å²) in [4.78, 5) is 19.2. The van der Waals surface area contributed by atoms with Gasteiger partial charge in [0.15, 0.2) is 5.69 Å². The van der Waals surface area contributed by atoms with Gasteiger partial charge in [-0.2, -0.15) is 0 Å². The molecule has 0 aromatic carbocycles. The average Bonchev–Trinajstić information content (AvgIpc) is 2.26. The van der Waals surface area contributed by atoms with Gasteiger partial charge in [0.1, 0.15) is 5.82 Å². The third-order valence-electron chi connectivity index (χ3n) is 2.56. The molecule has 1 heterocycles. The van der Waals surface area contributed by atoms with Gasteiger partial charge >= 0.3 is 5.97 Å². The smallest absolute Gasteiger partial charge is 0.358 e.